The Hall–Kier alpha value is -2.39. The van der Waals surface area contributed by atoms with Crippen molar-refractivity contribution < 1.29 is 13.2 Å². The summed E-state index contributed by atoms with van der Waals surface area (Å²) in [4.78, 5) is 12.7. The van der Waals surface area contributed by atoms with Crippen LogP contribution in [0.5, 0.6) is 0 Å². The Bertz CT molecular complexity index is 1220. The molecule has 0 spiro atoms. The lowest BCUT2D eigenvalue weighted by molar-refractivity contribution is 0.102. The zero-order chi connectivity index (χ0) is 22.0. The monoisotopic (exact) mass is 478 g/mol. The van der Waals surface area contributed by atoms with E-state index < -0.39 is 15.9 Å². The van der Waals surface area contributed by atoms with Gasteiger partial charge in [-0.2, -0.15) is 9.40 Å². The second-order valence-electron chi connectivity index (χ2n) is 7.22. The lowest BCUT2D eigenvalue weighted by atomic mass is 10.2. The van der Waals surface area contributed by atoms with E-state index in [4.69, 9.17) is 23.2 Å². The number of rotatable bonds is 5. The quantitative estimate of drug-likeness (QED) is 0.580. The molecule has 0 radical (unpaired) electrons. The lowest BCUT2D eigenvalue weighted by Gasteiger charge is -2.26. The fourth-order valence-electron chi connectivity index (χ4n) is 3.43. The first-order valence-corrected chi connectivity index (χ1v) is 12.0. The molecule has 7 nitrogen and oxygen atoms in total. The summed E-state index contributed by atoms with van der Waals surface area (Å²) in [7, 11) is -3.73. The molecule has 0 atom stereocenters. The first-order valence-electron chi connectivity index (χ1n) is 9.76. The van der Waals surface area contributed by atoms with Crippen LogP contribution in [0.15, 0.2) is 59.8 Å². The molecule has 1 aliphatic rings. The fraction of sp³-hybridized carbons (Fsp3) is 0.238. The average molecular weight is 479 g/mol. The highest BCUT2D eigenvalue weighted by molar-refractivity contribution is 7.89. The van der Waals surface area contributed by atoms with Crippen LogP contribution in [-0.2, 0) is 10.0 Å². The number of anilines is 1. The average Bonchev–Trinajstić information content (AvgIpc) is 3.26. The Balaban J connectivity index is 1.55. The normalized spacial score (nSPS) is 15.0. The molecule has 0 unspecified atom stereocenters. The molecule has 1 aromatic heterocycles. The van der Waals surface area contributed by atoms with Crippen LogP contribution in [0.2, 0.25) is 10.0 Å². The molecule has 0 aliphatic carbocycles. The van der Waals surface area contributed by atoms with E-state index in [0.717, 1.165) is 19.3 Å². The van der Waals surface area contributed by atoms with Crippen molar-refractivity contribution in [1.82, 2.24) is 14.1 Å². The Morgan fingerprint density at radius 1 is 1.03 bits per heavy atom. The summed E-state index contributed by atoms with van der Waals surface area (Å²) >= 11 is 12.2. The molecule has 31 heavy (non-hydrogen) atoms. The molecule has 0 saturated carbocycles. The van der Waals surface area contributed by atoms with Gasteiger partial charge in [0.15, 0.2) is 0 Å². The van der Waals surface area contributed by atoms with Gasteiger partial charge in [0.05, 0.1) is 22.5 Å². The topological polar surface area (TPSA) is 84.3 Å². The van der Waals surface area contributed by atoms with E-state index in [1.54, 1.807) is 30.5 Å². The number of amides is 1. The molecule has 1 amide bonds. The van der Waals surface area contributed by atoms with Gasteiger partial charge in [0.25, 0.3) is 5.91 Å². The third-order valence-corrected chi connectivity index (χ3v) is 7.65. The first-order chi connectivity index (χ1) is 14.8. The summed E-state index contributed by atoms with van der Waals surface area (Å²) in [6, 6.07) is 11.5. The van der Waals surface area contributed by atoms with Gasteiger partial charge in [0.2, 0.25) is 10.0 Å². The van der Waals surface area contributed by atoms with Crippen molar-refractivity contribution in [1.29, 1.82) is 0 Å². The van der Waals surface area contributed by atoms with Crippen LogP contribution in [0.3, 0.4) is 0 Å². The fourth-order valence-corrected chi connectivity index (χ4v) is 5.63. The molecule has 2 aromatic carbocycles. The number of sulfonamides is 1. The molecule has 4 rings (SSSR count). The van der Waals surface area contributed by atoms with Crippen LogP contribution < -0.4 is 5.32 Å². The van der Waals surface area contributed by atoms with Gasteiger partial charge in [0.1, 0.15) is 4.90 Å². The maximum absolute atomic E-state index is 13.0. The molecular formula is C21H20Cl2N4O3S. The van der Waals surface area contributed by atoms with Gasteiger partial charge in [-0.15, -0.1) is 0 Å². The molecule has 1 fully saturated rings. The van der Waals surface area contributed by atoms with Crippen LogP contribution in [0, 0.1) is 0 Å². The minimum Gasteiger partial charge on any atom is -0.322 e. The Morgan fingerprint density at radius 2 is 1.81 bits per heavy atom. The van der Waals surface area contributed by atoms with Crippen LogP contribution in [0.1, 0.15) is 29.6 Å². The van der Waals surface area contributed by atoms with Crippen molar-refractivity contribution in [3.05, 3.63) is 70.5 Å². The van der Waals surface area contributed by atoms with Gasteiger partial charge in [-0.05, 0) is 49.2 Å². The van der Waals surface area contributed by atoms with E-state index in [9.17, 15) is 13.2 Å². The van der Waals surface area contributed by atoms with Gasteiger partial charge < -0.3 is 5.32 Å². The summed E-state index contributed by atoms with van der Waals surface area (Å²) in [5, 5.41) is 7.59. The number of halogens is 2. The molecule has 2 heterocycles. The number of hydrogen-bond donors (Lipinski definition) is 1. The van der Waals surface area contributed by atoms with Gasteiger partial charge in [-0.1, -0.05) is 35.7 Å². The zero-order valence-corrected chi connectivity index (χ0v) is 18.8. The van der Waals surface area contributed by atoms with Gasteiger partial charge in [-0.25, -0.2) is 13.1 Å². The van der Waals surface area contributed by atoms with Crippen LogP contribution in [-0.4, -0.2) is 41.5 Å². The highest BCUT2D eigenvalue weighted by atomic mass is 35.5. The van der Waals surface area contributed by atoms with Crippen molar-refractivity contribution in [2.45, 2.75) is 24.2 Å². The number of hydrogen-bond acceptors (Lipinski definition) is 4. The number of nitrogens with one attached hydrogen (secondary N) is 1. The molecule has 3 aromatic rings. The summed E-state index contributed by atoms with van der Waals surface area (Å²) in [5.74, 6) is -0.420. The first kappa shape index (κ1) is 21.8. The number of carbonyl (C=O) groups is 1. The summed E-state index contributed by atoms with van der Waals surface area (Å²) in [5.41, 5.74) is 1.36. The predicted octanol–water partition coefficient (Wildman–Crippen LogP) is 4.61. The maximum Gasteiger partial charge on any atom is 0.258 e. The number of piperidine rings is 1. The van der Waals surface area contributed by atoms with E-state index in [1.807, 2.05) is 6.07 Å². The third kappa shape index (κ3) is 4.77. The number of benzene rings is 2. The van der Waals surface area contributed by atoms with E-state index in [-0.39, 0.29) is 9.92 Å². The predicted molar refractivity (Wildman–Crippen MR) is 121 cm³/mol. The Kier molecular flexibility index (Phi) is 6.34. The molecule has 1 aliphatic heterocycles. The molecule has 10 heteroatoms. The molecule has 1 N–H and O–H groups in total. The molecule has 162 valence electrons. The van der Waals surface area contributed by atoms with Gasteiger partial charge >= 0.3 is 0 Å². The van der Waals surface area contributed by atoms with E-state index in [0.29, 0.717) is 35.1 Å². The number of nitrogens with zero attached hydrogens (tertiary/aromatic N) is 3. The second-order valence-corrected chi connectivity index (χ2v) is 9.97. The van der Waals surface area contributed by atoms with Gasteiger partial charge in [0, 0.05) is 30.0 Å². The Labute approximate surface area is 190 Å². The molecular weight excluding hydrogens is 459 g/mol. The van der Waals surface area contributed by atoms with Crippen LogP contribution in [0.25, 0.3) is 5.69 Å². The van der Waals surface area contributed by atoms with Crippen LogP contribution in [0.4, 0.5) is 5.69 Å². The van der Waals surface area contributed by atoms with E-state index >= 15 is 0 Å². The summed E-state index contributed by atoms with van der Waals surface area (Å²) in [6.45, 7) is 0.940. The van der Waals surface area contributed by atoms with E-state index in [1.165, 1.54) is 27.3 Å². The Morgan fingerprint density at radius 3 is 2.55 bits per heavy atom. The number of carbonyl (C=O) groups excluding carboxylic acids is 1. The van der Waals surface area contributed by atoms with Crippen molar-refractivity contribution in [2.24, 2.45) is 0 Å². The highest BCUT2D eigenvalue weighted by Gasteiger charge is 2.28. The molecule has 1 saturated heterocycles. The van der Waals surface area contributed by atoms with E-state index in [2.05, 4.69) is 10.4 Å². The summed E-state index contributed by atoms with van der Waals surface area (Å²) in [6.07, 6.45) is 5.66. The van der Waals surface area contributed by atoms with Crippen molar-refractivity contribution in [3.63, 3.8) is 0 Å². The number of aromatic nitrogens is 2. The minimum absolute atomic E-state index is 0.0107. The van der Waals surface area contributed by atoms with Crippen molar-refractivity contribution in [3.8, 4) is 5.69 Å². The van der Waals surface area contributed by atoms with Crippen molar-refractivity contribution >= 4 is 44.8 Å². The second kappa shape index (κ2) is 9.00. The summed E-state index contributed by atoms with van der Waals surface area (Å²) < 4.78 is 29.0. The smallest absolute Gasteiger partial charge is 0.258 e. The van der Waals surface area contributed by atoms with Crippen LogP contribution >= 0.6 is 23.2 Å². The van der Waals surface area contributed by atoms with Crippen molar-refractivity contribution in [2.75, 3.05) is 18.4 Å². The SMILES string of the molecule is O=C(Nc1ccc(Cl)c(S(=O)(=O)N2CCCCC2)c1)c1cnn(-c2cccc(Cl)c2)c1. The molecule has 0 bridgehead atoms. The van der Waals surface area contributed by atoms with Gasteiger partial charge in [-0.3, -0.25) is 4.79 Å². The maximum atomic E-state index is 13.0. The highest BCUT2D eigenvalue weighted by Crippen LogP contribution is 2.29. The largest absolute Gasteiger partial charge is 0.322 e. The third-order valence-electron chi connectivity index (χ3n) is 5.04. The standard InChI is InChI=1S/C21H20Cl2N4O3S/c22-16-5-4-6-18(11-16)27-14-15(13-24-27)21(28)25-17-7-8-19(23)20(12-17)31(29,30)26-9-2-1-3-10-26/h4-8,11-14H,1-3,9-10H2,(H,25,28). The minimum atomic E-state index is -3.73. The zero-order valence-electron chi connectivity index (χ0n) is 16.5. The lowest BCUT2D eigenvalue weighted by Crippen LogP contribution is -2.35.